The molecule has 1 atom stereocenters. The molecule has 5 nitrogen and oxygen atoms in total. The quantitative estimate of drug-likeness (QED) is 0.660. The number of nitrogens with one attached hydrogen (secondary N) is 1. The van der Waals surface area contributed by atoms with Crippen molar-refractivity contribution in [1.82, 2.24) is 10.2 Å². The second kappa shape index (κ2) is 4.61. The van der Waals surface area contributed by atoms with Crippen molar-refractivity contribution in [3.8, 4) is 0 Å². The fourth-order valence-corrected chi connectivity index (χ4v) is 1.00. The Kier molecular flexibility index (Phi) is 3.45. The highest BCUT2D eigenvalue weighted by atomic mass is 16.5. The minimum absolute atomic E-state index is 0.179. The first-order chi connectivity index (χ1) is 6.24. The van der Waals surface area contributed by atoms with E-state index in [0.717, 1.165) is 5.69 Å². The van der Waals surface area contributed by atoms with Gasteiger partial charge in [-0.1, -0.05) is 0 Å². The molecule has 1 aromatic rings. The lowest BCUT2D eigenvalue weighted by Crippen LogP contribution is -2.13. The van der Waals surface area contributed by atoms with E-state index in [1.54, 1.807) is 12.3 Å². The number of H-pyrrole nitrogens is 1. The summed E-state index contributed by atoms with van der Waals surface area (Å²) in [5.74, 6) is -0.241. The third kappa shape index (κ3) is 2.87. The lowest BCUT2D eigenvalue weighted by atomic mass is 10.1. The molecule has 0 aliphatic carbocycles. The fourth-order valence-electron chi connectivity index (χ4n) is 1.00. The maximum atomic E-state index is 10.8. The Morgan fingerprint density at radius 1 is 1.85 bits per heavy atom. The molecular weight excluding hydrogens is 170 g/mol. The van der Waals surface area contributed by atoms with E-state index in [4.69, 9.17) is 5.73 Å². The monoisotopic (exact) mass is 183 g/mol. The van der Waals surface area contributed by atoms with Crippen LogP contribution < -0.4 is 5.73 Å². The van der Waals surface area contributed by atoms with Gasteiger partial charge in [-0.25, -0.2) is 0 Å². The van der Waals surface area contributed by atoms with Crippen LogP contribution in [0.1, 0.15) is 24.6 Å². The van der Waals surface area contributed by atoms with Crippen LogP contribution in [0.25, 0.3) is 0 Å². The Balaban J connectivity index is 2.34. The van der Waals surface area contributed by atoms with E-state index < -0.39 is 0 Å². The molecule has 1 rings (SSSR count). The summed E-state index contributed by atoms with van der Waals surface area (Å²) in [6.45, 7) is 0. The van der Waals surface area contributed by atoms with Gasteiger partial charge in [0.1, 0.15) is 0 Å². The molecule has 0 spiro atoms. The summed E-state index contributed by atoms with van der Waals surface area (Å²) in [4.78, 5) is 10.8. The first-order valence-electron chi connectivity index (χ1n) is 4.05. The second-order valence-corrected chi connectivity index (χ2v) is 2.73. The number of aromatic amines is 1. The molecule has 0 saturated heterocycles. The number of nitrogens with zero attached hydrogens (tertiary/aromatic N) is 1. The molecule has 72 valence electrons. The molecule has 0 saturated carbocycles. The van der Waals surface area contributed by atoms with Gasteiger partial charge in [0, 0.05) is 18.7 Å². The Hall–Kier alpha value is -1.36. The molecule has 1 unspecified atom stereocenters. The van der Waals surface area contributed by atoms with Gasteiger partial charge in [-0.3, -0.25) is 9.89 Å². The minimum Gasteiger partial charge on any atom is -0.469 e. The highest BCUT2D eigenvalue weighted by Crippen LogP contribution is 2.12. The second-order valence-electron chi connectivity index (χ2n) is 2.73. The summed E-state index contributed by atoms with van der Waals surface area (Å²) in [6.07, 6.45) is 2.53. The van der Waals surface area contributed by atoms with Crippen LogP contribution in [0.15, 0.2) is 12.3 Å². The number of hydrogen-bond acceptors (Lipinski definition) is 4. The average Bonchev–Trinajstić information content (AvgIpc) is 2.66. The first kappa shape index (κ1) is 9.73. The number of esters is 1. The smallest absolute Gasteiger partial charge is 0.305 e. The zero-order chi connectivity index (χ0) is 9.68. The van der Waals surface area contributed by atoms with Crippen LogP contribution in [0.4, 0.5) is 0 Å². The molecule has 3 N–H and O–H groups in total. The van der Waals surface area contributed by atoms with Gasteiger partial charge in [0.25, 0.3) is 0 Å². The molecule has 0 aliphatic rings. The van der Waals surface area contributed by atoms with Crippen LogP contribution in [0.3, 0.4) is 0 Å². The standard InChI is InChI=1S/C8H13N3O2/c1-13-8(12)3-2-6(9)7-4-5-10-11-7/h4-6H,2-3,9H2,1H3,(H,10,11). The van der Waals surface area contributed by atoms with Gasteiger partial charge in [0.15, 0.2) is 0 Å². The van der Waals surface area contributed by atoms with Gasteiger partial charge in [0.05, 0.1) is 12.8 Å². The summed E-state index contributed by atoms with van der Waals surface area (Å²) < 4.78 is 4.50. The van der Waals surface area contributed by atoms with E-state index in [9.17, 15) is 4.79 Å². The van der Waals surface area contributed by atoms with Gasteiger partial charge < -0.3 is 10.5 Å². The predicted molar refractivity (Wildman–Crippen MR) is 46.8 cm³/mol. The molecular formula is C8H13N3O2. The summed E-state index contributed by atoms with van der Waals surface area (Å²) in [7, 11) is 1.37. The number of carbonyl (C=O) groups is 1. The topological polar surface area (TPSA) is 81.0 Å². The number of hydrogen-bond donors (Lipinski definition) is 2. The molecule has 1 aromatic heterocycles. The van der Waals surface area contributed by atoms with Crippen LogP contribution in [0.2, 0.25) is 0 Å². The van der Waals surface area contributed by atoms with Gasteiger partial charge in [-0.05, 0) is 12.5 Å². The van der Waals surface area contributed by atoms with Gasteiger partial charge >= 0.3 is 5.97 Å². The molecule has 0 fully saturated rings. The maximum absolute atomic E-state index is 10.8. The maximum Gasteiger partial charge on any atom is 0.305 e. The summed E-state index contributed by atoms with van der Waals surface area (Å²) in [5.41, 5.74) is 6.60. The van der Waals surface area contributed by atoms with Crippen LogP contribution >= 0.6 is 0 Å². The first-order valence-corrected chi connectivity index (χ1v) is 4.05. The number of rotatable bonds is 4. The van der Waals surface area contributed by atoms with E-state index in [1.807, 2.05) is 0 Å². The Morgan fingerprint density at radius 2 is 2.62 bits per heavy atom. The zero-order valence-corrected chi connectivity index (χ0v) is 7.49. The molecule has 0 aromatic carbocycles. The van der Waals surface area contributed by atoms with Crippen molar-refractivity contribution in [2.45, 2.75) is 18.9 Å². The third-order valence-corrected chi connectivity index (χ3v) is 1.81. The Labute approximate surface area is 76.3 Å². The van der Waals surface area contributed by atoms with E-state index in [2.05, 4.69) is 14.9 Å². The molecule has 0 radical (unpaired) electrons. The summed E-state index contributed by atoms with van der Waals surface area (Å²) in [5, 5.41) is 6.52. The Bertz CT molecular complexity index is 258. The highest BCUT2D eigenvalue weighted by molar-refractivity contribution is 5.69. The number of aromatic nitrogens is 2. The van der Waals surface area contributed by atoms with Crippen molar-refractivity contribution in [3.05, 3.63) is 18.0 Å². The van der Waals surface area contributed by atoms with Crippen molar-refractivity contribution in [3.63, 3.8) is 0 Å². The van der Waals surface area contributed by atoms with Crippen molar-refractivity contribution >= 4 is 5.97 Å². The number of methoxy groups -OCH3 is 1. The van der Waals surface area contributed by atoms with Crippen LogP contribution in [0, 0.1) is 0 Å². The van der Waals surface area contributed by atoms with E-state index >= 15 is 0 Å². The van der Waals surface area contributed by atoms with Crippen molar-refractivity contribution in [1.29, 1.82) is 0 Å². The average molecular weight is 183 g/mol. The zero-order valence-electron chi connectivity index (χ0n) is 7.49. The molecule has 0 amide bonds. The van der Waals surface area contributed by atoms with Crippen LogP contribution in [0.5, 0.6) is 0 Å². The minimum atomic E-state index is -0.241. The van der Waals surface area contributed by atoms with Gasteiger partial charge in [0.2, 0.25) is 0 Å². The lowest BCUT2D eigenvalue weighted by molar-refractivity contribution is -0.140. The highest BCUT2D eigenvalue weighted by Gasteiger charge is 2.09. The van der Waals surface area contributed by atoms with Crippen molar-refractivity contribution in [2.24, 2.45) is 5.73 Å². The number of nitrogens with two attached hydrogens (primary N) is 1. The molecule has 0 bridgehead atoms. The van der Waals surface area contributed by atoms with Crippen LogP contribution in [-0.2, 0) is 9.53 Å². The number of carbonyl (C=O) groups excluding carboxylic acids is 1. The Morgan fingerprint density at radius 3 is 3.15 bits per heavy atom. The van der Waals surface area contributed by atoms with Crippen LogP contribution in [-0.4, -0.2) is 23.3 Å². The van der Waals surface area contributed by atoms with E-state index in [-0.39, 0.29) is 12.0 Å². The molecule has 5 heteroatoms. The predicted octanol–water partition coefficient (Wildman–Crippen LogP) is 0.363. The van der Waals surface area contributed by atoms with E-state index in [0.29, 0.717) is 12.8 Å². The molecule has 13 heavy (non-hydrogen) atoms. The van der Waals surface area contributed by atoms with Gasteiger partial charge in [-0.15, -0.1) is 0 Å². The van der Waals surface area contributed by atoms with Gasteiger partial charge in [-0.2, -0.15) is 5.10 Å². The summed E-state index contributed by atoms with van der Waals surface area (Å²) in [6, 6.07) is 1.61. The fraction of sp³-hybridized carbons (Fsp3) is 0.500. The summed E-state index contributed by atoms with van der Waals surface area (Å²) >= 11 is 0. The largest absolute Gasteiger partial charge is 0.469 e. The molecule has 0 aliphatic heterocycles. The SMILES string of the molecule is COC(=O)CCC(N)c1ccn[nH]1. The molecule has 1 heterocycles. The van der Waals surface area contributed by atoms with E-state index in [1.165, 1.54) is 7.11 Å². The van der Waals surface area contributed by atoms with Crippen molar-refractivity contribution in [2.75, 3.05) is 7.11 Å². The normalized spacial score (nSPS) is 12.5. The lowest BCUT2D eigenvalue weighted by Gasteiger charge is -2.07. The number of ether oxygens (including phenoxy) is 1. The third-order valence-electron chi connectivity index (χ3n) is 1.81. The van der Waals surface area contributed by atoms with Crippen molar-refractivity contribution < 1.29 is 9.53 Å².